The van der Waals surface area contributed by atoms with Gasteiger partial charge in [-0.15, -0.1) is 11.3 Å². The number of thiazole rings is 1. The third kappa shape index (κ3) is 6.78. The average molecular weight is 686 g/mol. The molecule has 1 N–H and O–H groups in total. The Morgan fingerprint density at radius 3 is 2.43 bits per heavy atom. The van der Waals surface area contributed by atoms with Crippen molar-refractivity contribution in [2.24, 2.45) is 17.3 Å². The number of fused-ring (bicyclic) bond motifs is 3. The number of aliphatic hydroxyl groups is 1. The second-order valence-electron chi connectivity index (χ2n) is 14.9. The smallest absolute Gasteiger partial charge is 0.496 e. The number of hydrogen-bond donors (Lipinski definition) is 1. The van der Waals surface area contributed by atoms with Gasteiger partial charge >= 0.3 is 6.09 Å². The number of nitrogens with zero attached hydrogens (tertiary/aromatic N) is 4. The number of aliphatic hydroxyl groups excluding tert-OH is 1. The van der Waals surface area contributed by atoms with E-state index in [0.29, 0.717) is 51.1 Å². The van der Waals surface area contributed by atoms with Crippen LogP contribution in [0.25, 0.3) is 10.4 Å². The second kappa shape index (κ2) is 13.9. The third-order valence-corrected chi connectivity index (χ3v) is 13.1. The Balaban J connectivity index is 1.10. The van der Waals surface area contributed by atoms with E-state index in [1.807, 2.05) is 23.4 Å². The standard InChI is InChI=1S/C39H49N4O5S/c1-4-35-41-21-33(49-35)29-11-18-40-34(20-29)43(36(45)28-5-8-31(9-6-28)48-37(46)42-22-27(23-42)24-44)25-38-12-15-39(16-13-38,17-14-38)30-7-10-32(47-3)26(2)19-30/h7,10-11,18-21,27-28,44H,4-6,8-9,12-17,22-25H2,1-3H3/q+1. The minimum absolute atomic E-state index is 0.0572. The van der Waals surface area contributed by atoms with Crippen LogP contribution in [0.1, 0.15) is 87.3 Å². The molecule has 4 saturated carbocycles. The lowest BCUT2D eigenvalue weighted by molar-refractivity contribution is -0.363. The van der Waals surface area contributed by atoms with E-state index >= 15 is 0 Å². The normalized spacial score (nSPS) is 25.2. The number of ketones is 1. The first-order valence-corrected chi connectivity index (χ1v) is 18.9. The first-order valence-electron chi connectivity index (χ1n) is 18.0. The van der Waals surface area contributed by atoms with Gasteiger partial charge in [0, 0.05) is 63.3 Å². The van der Waals surface area contributed by atoms with Crippen molar-refractivity contribution in [2.45, 2.75) is 89.9 Å². The van der Waals surface area contributed by atoms with E-state index < -0.39 is 0 Å². The Bertz CT molecular complexity index is 1690. The van der Waals surface area contributed by atoms with E-state index in [2.05, 4.69) is 43.1 Å². The Kier molecular flexibility index (Phi) is 9.63. The zero-order valence-corrected chi connectivity index (χ0v) is 29.9. The molecule has 8 rings (SSSR count). The molecule has 9 nitrogen and oxygen atoms in total. The van der Waals surface area contributed by atoms with Gasteiger partial charge in [0.2, 0.25) is 11.7 Å². The molecule has 2 bridgehead atoms. The fourth-order valence-electron chi connectivity index (χ4n) is 8.61. The maximum Gasteiger partial charge on any atom is 0.693 e. The molecule has 1 aromatic carbocycles. The van der Waals surface area contributed by atoms with Crippen molar-refractivity contribution in [3.8, 4) is 16.2 Å². The summed E-state index contributed by atoms with van der Waals surface area (Å²) in [7, 11) is 1.73. The molecule has 3 aromatic rings. The average Bonchev–Trinajstić information content (AvgIpc) is 3.61. The highest BCUT2D eigenvalue weighted by molar-refractivity contribution is 7.15. The molecule has 1 saturated heterocycles. The number of likely N-dealkylation sites (tertiary alicyclic amines) is 1. The molecule has 1 aliphatic heterocycles. The van der Waals surface area contributed by atoms with Crippen molar-refractivity contribution < 1.29 is 23.9 Å². The highest BCUT2D eigenvalue weighted by Gasteiger charge is 2.51. The minimum Gasteiger partial charge on any atom is -0.496 e. The second-order valence-corrected chi connectivity index (χ2v) is 16.0. The van der Waals surface area contributed by atoms with Crippen LogP contribution in [-0.2, 0) is 21.1 Å². The van der Waals surface area contributed by atoms with Crippen LogP contribution >= 0.6 is 11.3 Å². The molecule has 4 aliphatic carbocycles. The predicted molar refractivity (Wildman–Crippen MR) is 191 cm³/mol. The van der Waals surface area contributed by atoms with Crippen LogP contribution in [0.4, 0.5) is 10.6 Å². The van der Waals surface area contributed by atoms with Crippen LogP contribution in [0.3, 0.4) is 0 Å². The summed E-state index contributed by atoms with van der Waals surface area (Å²) in [5.41, 5.74) is 3.90. The fraction of sp³-hybridized carbons (Fsp3) is 0.564. The Labute approximate surface area is 293 Å². The van der Waals surface area contributed by atoms with Gasteiger partial charge in [0.1, 0.15) is 11.6 Å². The molecule has 0 unspecified atom stereocenters. The van der Waals surface area contributed by atoms with Gasteiger partial charge in [0.25, 0.3) is 0 Å². The van der Waals surface area contributed by atoms with Gasteiger partial charge in [-0.2, -0.15) is 0 Å². The highest BCUT2D eigenvalue weighted by Crippen LogP contribution is 2.58. The maximum absolute atomic E-state index is 14.6. The number of carbonyl (C=O) groups is 2. The van der Waals surface area contributed by atoms with E-state index in [9.17, 15) is 14.7 Å². The van der Waals surface area contributed by atoms with Crippen molar-refractivity contribution >= 4 is 34.9 Å². The molecule has 5 fully saturated rings. The maximum atomic E-state index is 14.6. The lowest BCUT2D eigenvalue weighted by atomic mass is 9.51. The number of hydrogen-bond acceptors (Lipinski definition) is 7. The largest absolute Gasteiger partial charge is 0.693 e. The molecule has 49 heavy (non-hydrogen) atoms. The molecule has 260 valence electrons. The minimum atomic E-state index is -0.337. The number of aromatic nitrogens is 2. The van der Waals surface area contributed by atoms with Crippen molar-refractivity contribution in [1.29, 1.82) is 0 Å². The number of methoxy groups -OCH3 is 1. The summed E-state index contributed by atoms with van der Waals surface area (Å²) in [5, 5.41) is 10.4. The molecule has 0 spiro atoms. The Morgan fingerprint density at radius 1 is 1.06 bits per heavy atom. The lowest BCUT2D eigenvalue weighted by Crippen LogP contribution is -2.52. The van der Waals surface area contributed by atoms with Crippen LogP contribution < -0.4 is 9.64 Å². The molecule has 3 heterocycles. The molecule has 2 amide bonds. The topological polar surface area (TPSA) is 107 Å². The number of anilines is 1. The third-order valence-electron chi connectivity index (χ3n) is 11.9. The predicted octanol–water partition coefficient (Wildman–Crippen LogP) is 7.05. The van der Waals surface area contributed by atoms with Crippen LogP contribution in [0, 0.1) is 24.2 Å². The van der Waals surface area contributed by atoms with Gasteiger partial charge in [0.15, 0.2) is 0 Å². The van der Waals surface area contributed by atoms with Crippen molar-refractivity contribution in [3.05, 3.63) is 58.9 Å². The number of rotatable bonds is 9. The number of benzene rings is 1. The summed E-state index contributed by atoms with van der Waals surface area (Å²) < 4.78 is 11.3. The number of aryl methyl sites for hydroxylation is 2. The first kappa shape index (κ1) is 33.8. The van der Waals surface area contributed by atoms with E-state index in [0.717, 1.165) is 71.9 Å². The van der Waals surface area contributed by atoms with Gasteiger partial charge in [-0.25, -0.2) is 9.97 Å². The van der Waals surface area contributed by atoms with Gasteiger partial charge in [-0.05, 0) is 110 Å². The molecular weight excluding hydrogens is 637 g/mol. The Hall–Kier alpha value is -3.63. The summed E-state index contributed by atoms with van der Waals surface area (Å²) in [5.74, 6) is 2.53. The van der Waals surface area contributed by atoms with Gasteiger partial charge in [-0.3, -0.25) is 19.0 Å². The van der Waals surface area contributed by atoms with Crippen LogP contribution in [0.2, 0.25) is 0 Å². The van der Waals surface area contributed by atoms with Crippen molar-refractivity contribution in [1.82, 2.24) is 14.9 Å². The number of amides is 2. The van der Waals surface area contributed by atoms with Crippen LogP contribution in [0.5, 0.6) is 5.75 Å². The molecule has 10 heteroatoms. The monoisotopic (exact) mass is 685 g/mol. The number of carbonyl (C=O) groups excluding carboxylic acids is 3. The van der Waals surface area contributed by atoms with Crippen LogP contribution in [0.15, 0.2) is 42.7 Å². The number of pyridine rings is 1. The quantitative estimate of drug-likeness (QED) is 0.242. The summed E-state index contributed by atoms with van der Waals surface area (Å²) in [6.07, 6.45) is 13.4. The molecule has 0 radical (unpaired) electrons. The van der Waals surface area contributed by atoms with Crippen molar-refractivity contribution in [2.75, 3.05) is 38.3 Å². The SMILES string of the molecule is CCc1ncc(-c2ccnc(N(CC34CCC(c5ccc(OC)c(C)c5)(CC3)CC4)C(=O)C3CCC(=[O+]C(=O)N4CC(CO)C4)CC3)c2)s1. The van der Waals surface area contributed by atoms with Gasteiger partial charge < -0.3 is 9.84 Å². The van der Waals surface area contributed by atoms with Gasteiger partial charge in [-0.1, -0.05) is 19.1 Å². The Morgan fingerprint density at radius 2 is 1.80 bits per heavy atom. The van der Waals surface area contributed by atoms with E-state index in [4.69, 9.17) is 14.1 Å². The molecular formula is C39H49N4O5S+. The highest BCUT2D eigenvalue weighted by atomic mass is 32.1. The van der Waals surface area contributed by atoms with E-state index in [1.165, 1.54) is 11.1 Å². The summed E-state index contributed by atoms with van der Waals surface area (Å²) in [6.45, 7) is 6.08. The molecule has 5 aliphatic rings. The first-order chi connectivity index (χ1) is 23.7. The summed E-state index contributed by atoms with van der Waals surface area (Å²) >= 11 is 1.69. The van der Waals surface area contributed by atoms with Gasteiger partial charge in [0.05, 0.1) is 21.8 Å². The van der Waals surface area contributed by atoms with Crippen LogP contribution in [-0.4, -0.2) is 71.1 Å². The summed E-state index contributed by atoms with van der Waals surface area (Å²) in [4.78, 5) is 41.3. The zero-order chi connectivity index (χ0) is 34.2. The zero-order valence-electron chi connectivity index (χ0n) is 29.1. The molecule has 0 atom stereocenters. The van der Waals surface area contributed by atoms with Crippen molar-refractivity contribution in [3.63, 3.8) is 0 Å². The lowest BCUT2D eigenvalue weighted by Gasteiger charge is -2.55. The summed E-state index contributed by atoms with van der Waals surface area (Å²) in [6, 6.07) is 10.8. The number of ether oxygens (including phenoxy) is 1. The molecule has 2 aromatic heterocycles. The van der Waals surface area contributed by atoms with E-state index in [-0.39, 0.29) is 41.3 Å². The van der Waals surface area contributed by atoms with E-state index in [1.54, 1.807) is 23.3 Å². The fourth-order valence-corrected chi connectivity index (χ4v) is 9.46.